The van der Waals surface area contributed by atoms with Crippen molar-refractivity contribution >= 4 is 11.7 Å². The maximum absolute atomic E-state index is 12.7. The Balaban J connectivity index is 1.79. The quantitative estimate of drug-likeness (QED) is 0.836. The zero-order valence-electron chi connectivity index (χ0n) is 12.9. The van der Waals surface area contributed by atoms with Crippen molar-refractivity contribution in [1.82, 2.24) is 15.1 Å². The van der Waals surface area contributed by atoms with E-state index < -0.39 is 6.10 Å². The molecular formula is C17H19N3O3. The van der Waals surface area contributed by atoms with Gasteiger partial charge < -0.3 is 10.0 Å². The lowest BCUT2D eigenvalue weighted by molar-refractivity contribution is 0.0634. The number of hydrogen-bond donors (Lipinski definition) is 2. The van der Waals surface area contributed by atoms with Crippen molar-refractivity contribution in [2.75, 3.05) is 6.54 Å². The van der Waals surface area contributed by atoms with Crippen LogP contribution >= 0.6 is 0 Å². The van der Waals surface area contributed by atoms with Gasteiger partial charge in [0.05, 0.1) is 12.1 Å². The summed E-state index contributed by atoms with van der Waals surface area (Å²) in [6, 6.07) is 11.0. The van der Waals surface area contributed by atoms with Crippen molar-refractivity contribution in [1.29, 1.82) is 0 Å². The van der Waals surface area contributed by atoms with Crippen LogP contribution in [0.2, 0.25) is 0 Å². The number of aromatic nitrogens is 2. The first-order valence-corrected chi connectivity index (χ1v) is 7.65. The maximum Gasteiger partial charge on any atom is 0.272 e. The number of hydrogen-bond acceptors (Lipinski definition) is 4. The number of aliphatic hydroxyl groups excluding tert-OH is 1. The highest BCUT2D eigenvalue weighted by molar-refractivity contribution is 5.97. The molecular weight excluding hydrogens is 294 g/mol. The van der Waals surface area contributed by atoms with E-state index >= 15 is 0 Å². The third-order valence-electron chi connectivity index (χ3n) is 4.23. The first kappa shape index (κ1) is 15.4. The molecule has 1 aliphatic heterocycles. The van der Waals surface area contributed by atoms with Crippen molar-refractivity contribution in [2.24, 2.45) is 0 Å². The molecule has 1 amide bonds. The first-order valence-electron chi connectivity index (χ1n) is 7.65. The van der Waals surface area contributed by atoms with Crippen molar-refractivity contribution in [3.63, 3.8) is 0 Å². The van der Waals surface area contributed by atoms with E-state index in [1.807, 2.05) is 30.3 Å². The van der Waals surface area contributed by atoms with E-state index in [-0.39, 0.29) is 29.1 Å². The van der Waals surface area contributed by atoms with Gasteiger partial charge in [0, 0.05) is 13.5 Å². The van der Waals surface area contributed by atoms with E-state index in [1.54, 1.807) is 4.90 Å². The minimum Gasteiger partial charge on any atom is -0.391 e. The summed E-state index contributed by atoms with van der Waals surface area (Å²) < 4.78 is 0. The number of benzene rings is 1. The van der Waals surface area contributed by atoms with E-state index in [2.05, 4.69) is 10.2 Å². The minimum atomic E-state index is -0.547. The number of likely N-dealkylation sites (tertiary alicyclic amines) is 1. The van der Waals surface area contributed by atoms with Crippen LogP contribution in [0.5, 0.6) is 0 Å². The van der Waals surface area contributed by atoms with Gasteiger partial charge >= 0.3 is 0 Å². The largest absolute Gasteiger partial charge is 0.391 e. The van der Waals surface area contributed by atoms with Crippen LogP contribution in [0.25, 0.3) is 0 Å². The van der Waals surface area contributed by atoms with Gasteiger partial charge in [-0.25, -0.2) is 0 Å². The lowest BCUT2D eigenvalue weighted by Gasteiger charge is -2.26. The summed E-state index contributed by atoms with van der Waals surface area (Å²) in [4.78, 5) is 25.6. The predicted molar refractivity (Wildman–Crippen MR) is 84.2 cm³/mol. The Morgan fingerprint density at radius 3 is 2.74 bits per heavy atom. The number of carbonyl (C=O) groups is 2. The van der Waals surface area contributed by atoms with Gasteiger partial charge in [-0.3, -0.25) is 14.7 Å². The first-order chi connectivity index (χ1) is 11.1. The Labute approximate surface area is 134 Å². The highest BCUT2D eigenvalue weighted by Crippen LogP contribution is 2.23. The molecule has 2 heterocycles. The summed E-state index contributed by atoms with van der Waals surface area (Å²) in [6.45, 7) is 1.90. The van der Waals surface area contributed by atoms with Crippen LogP contribution in [0, 0.1) is 0 Å². The van der Waals surface area contributed by atoms with Gasteiger partial charge in [0.15, 0.2) is 5.78 Å². The number of H-pyrrole nitrogens is 1. The molecule has 6 nitrogen and oxygen atoms in total. The van der Waals surface area contributed by atoms with E-state index in [4.69, 9.17) is 0 Å². The van der Waals surface area contributed by atoms with Gasteiger partial charge in [0.1, 0.15) is 11.4 Å². The molecule has 120 valence electrons. The number of carbonyl (C=O) groups excluding carboxylic acids is 2. The fourth-order valence-electron chi connectivity index (χ4n) is 2.96. The van der Waals surface area contributed by atoms with E-state index in [0.29, 0.717) is 19.4 Å². The number of Topliss-reactive ketones (excluding diaryl/α,β-unsaturated/α-hetero) is 1. The number of nitrogens with zero attached hydrogens (tertiary/aromatic N) is 2. The average Bonchev–Trinajstić information content (AvgIpc) is 3.16. The Morgan fingerprint density at radius 2 is 2.09 bits per heavy atom. The van der Waals surface area contributed by atoms with E-state index in [9.17, 15) is 14.7 Å². The predicted octanol–water partition coefficient (Wildman–Crippen LogP) is 1.43. The highest BCUT2D eigenvalue weighted by Gasteiger charge is 2.36. The molecule has 1 saturated heterocycles. The molecule has 0 radical (unpaired) electrons. The Bertz CT molecular complexity index is 711. The summed E-state index contributed by atoms with van der Waals surface area (Å²) >= 11 is 0. The molecule has 0 saturated carbocycles. The summed E-state index contributed by atoms with van der Waals surface area (Å²) in [5.74, 6) is -0.426. The number of ketones is 1. The fraction of sp³-hybridized carbons (Fsp3) is 0.353. The molecule has 1 aromatic carbocycles. The number of amides is 1. The summed E-state index contributed by atoms with van der Waals surface area (Å²) in [6.07, 6.45) is 0.604. The summed E-state index contributed by atoms with van der Waals surface area (Å²) in [7, 11) is 0. The van der Waals surface area contributed by atoms with Crippen LogP contribution in [0.15, 0.2) is 36.4 Å². The molecule has 0 bridgehead atoms. The Hall–Kier alpha value is -2.47. The van der Waals surface area contributed by atoms with Crippen LogP contribution in [-0.4, -0.2) is 50.6 Å². The molecule has 3 rings (SSSR count). The maximum atomic E-state index is 12.7. The third kappa shape index (κ3) is 3.17. The van der Waals surface area contributed by atoms with Crippen molar-refractivity contribution < 1.29 is 14.7 Å². The normalized spacial score (nSPS) is 20.7. The minimum absolute atomic E-state index is 0.192. The van der Waals surface area contributed by atoms with Crippen LogP contribution in [-0.2, 0) is 6.42 Å². The van der Waals surface area contributed by atoms with Gasteiger partial charge in [-0.1, -0.05) is 30.3 Å². The number of rotatable bonds is 4. The molecule has 6 heteroatoms. The molecule has 23 heavy (non-hydrogen) atoms. The molecule has 1 fully saturated rings. The van der Waals surface area contributed by atoms with Crippen LogP contribution in [0.1, 0.15) is 39.9 Å². The highest BCUT2D eigenvalue weighted by atomic mass is 16.3. The van der Waals surface area contributed by atoms with E-state index in [0.717, 1.165) is 5.56 Å². The summed E-state index contributed by atoms with van der Waals surface area (Å²) in [5, 5.41) is 16.7. The number of aromatic amines is 1. The standard InChI is InChI=1S/C17H19N3O3/c1-11(21)13-10-14(19-18-13)17(23)20-8-7-16(22)15(20)9-12-5-3-2-4-6-12/h2-6,10,15-16,22H,7-9H2,1H3,(H,18,19)/t15-,16-/m0/s1. The van der Waals surface area contributed by atoms with Crippen molar-refractivity contribution in [3.05, 3.63) is 53.3 Å². The zero-order chi connectivity index (χ0) is 16.4. The van der Waals surface area contributed by atoms with Gasteiger partial charge in [-0.15, -0.1) is 0 Å². The van der Waals surface area contributed by atoms with Crippen LogP contribution in [0.3, 0.4) is 0 Å². The smallest absolute Gasteiger partial charge is 0.272 e. The fourth-order valence-corrected chi connectivity index (χ4v) is 2.96. The summed E-state index contributed by atoms with van der Waals surface area (Å²) in [5.41, 5.74) is 1.60. The van der Waals surface area contributed by atoms with Crippen molar-refractivity contribution in [2.45, 2.75) is 31.9 Å². The molecule has 0 aliphatic carbocycles. The Kier molecular flexibility index (Phi) is 4.25. The number of nitrogens with one attached hydrogen (secondary N) is 1. The topological polar surface area (TPSA) is 86.3 Å². The molecule has 0 unspecified atom stereocenters. The van der Waals surface area contributed by atoms with Gasteiger partial charge in [-0.2, -0.15) is 5.10 Å². The van der Waals surface area contributed by atoms with E-state index in [1.165, 1.54) is 13.0 Å². The zero-order valence-corrected chi connectivity index (χ0v) is 12.9. The van der Waals surface area contributed by atoms with Gasteiger partial charge in [-0.05, 0) is 24.5 Å². The molecule has 0 spiro atoms. The average molecular weight is 313 g/mol. The van der Waals surface area contributed by atoms with Crippen LogP contribution in [0.4, 0.5) is 0 Å². The Morgan fingerprint density at radius 1 is 1.35 bits per heavy atom. The number of aliphatic hydroxyl groups is 1. The molecule has 2 atom stereocenters. The van der Waals surface area contributed by atoms with Crippen LogP contribution < -0.4 is 0 Å². The lowest BCUT2D eigenvalue weighted by Crippen LogP contribution is -2.41. The second kappa shape index (κ2) is 6.34. The molecule has 1 aliphatic rings. The van der Waals surface area contributed by atoms with Crippen molar-refractivity contribution in [3.8, 4) is 0 Å². The van der Waals surface area contributed by atoms with Gasteiger partial charge in [0.2, 0.25) is 0 Å². The second-order valence-corrected chi connectivity index (χ2v) is 5.83. The monoisotopic (exact) mass is 313 g/mol. The molecule has 2 aromatic rings. The SMILES string of the molecule is CC(=O)c1cc(C(=O)N2CC[C@H](O)[C@@H]2Cc2ccccc2)[nH]n1. The lowest BCUT2D eigenvalue weighted by atomic mass is 10.0. The third-order valence-corrected chi connectivity index (χ3v) is 4.23. The second-order valence-electron chi connectivity index (χ2n) is 5.83. The molecule has 2 N–H and O–H groups in total. The molecule has 1 aromatic heterocycles. The van der Waals surface area contributed by atoms with Gasteiger partial charge in [0.25, 0.3) is 5.91 Å².